The zero-order valence-electron chi connectivity index (χ0n) is 8.75. The van der Waals surface area contributed by atoms with Crippen molar-refractivity contribution < 1.29 is 32.2 Å². The second kappa shape index (κ2) is 6.24. The average molecular weight is 253 g/mol. The first kappa shape index (κ1) is 13.5. The van der Waals surface area contributed by atoms with Crippen LogP contribution < -0.4 is 0 Å². The second-order valence-corrected chi connectivity index (χ2v) is 3.15. The number of amides is 1. The number of ether oxygens (including phenoxy) is 2. The van der Waals surface area contributed by atoms with Crippen molar-refractivity contribution in [3.8, 4) is 0 Å². The third-order valence-electron chi connectivity index (χ3n) is 2.01. The van der Waals surface area contributed by atoms with Crippen LogP contribution in [0.3, 0.4) is 0 Å². The van der Waals surface area contributed by atoms with E-state index in [1.165, 1.54) is 0 Å². The topological polar surface area (TPSA) is 55.8 Å². The van der Waals surface area contributed by atoms with E-state index in [1.807, 2.05) is 0 Å². The Morgan fingerprint density at radius 1 is 1.18 bits per heavy atom. The molecule has 1 saturated heterocycles. The van der Waals surface area contributed by atoms with Gasteiger partial charge in [0.25, 0.3) is 0 Å². The van der Waals surface area contributed by atoms with Gasteiger partial charge in [-0.2, -0.15) is 8.78 Å². The number of rotatable bonds is 2. The minimum Gasteiger partial charge on any atom is -0.451 e. The van der Waals surface area contributed by atoms with E-state index in [0.29, 0.717) is 0 Å². The minimum absolute atomic E-state index is 0.212. The molecule has 5 nitrogen and oxygen atoms in total. The highest BCUT2D eigenvalue weighted by molar-refractivity contribution is 6.32. The third kappa shape index (κ3) is 4.06. The molecule has 1 fully saturated rings. The predicted molar refractivity (Wildman–Crippen MR) is 48.7 cm³/mol. The summed E-state index contributed by atoms with van der Waals surface area (Å²) >= 11 is 0. The Labute approximate surface area is 94.8 Å². The Balaban J connectivity index is 2.41. The molecular weight excluding hydrogens is 243 g/mol. The Bertz CT molecular complexity index is 335. The fraction of sp³-hybridized carbons (Fsp3) is 0.556. The van der Waals surface area contributed by atoms with Crippen molar-refractivity contribution in [2.24, 2.45) is 0 Å². The highest BCUT2D eigenvalue weighted by Crippen LogP contribution is 2.09. The quantitative estimate of drug-likeness (QED) is 0.530. The largest absolute Gasteiger partial charge is 0.451 e. The Morgan fingerprint density at radius 2 is 1.76 bits per heavy atom. The van der Waals surface area contributed by atoms with Crippen molar-refractivity contribution >= 4 is 11.9 Å². The zero-order chi connectivity index (χ0) is 12.8. The van der Waals surface area contributed by atoms with E-state index in [-0.39, 0.29) is 26.3 Å². The first-order valence-electron chi connectivity index (χ1n) is 4.75. The van der Waals surface area contributed by atoms with Gasteiger partial charge in [-0.3, -0.25) is 4.79 Å². The van der Waals surface area contributed by atoms with Gasteiger partial charge in [-0.15, -0.1) is 0 Å². The number of carbonyl (C=O) groups excluding carboxylic acids is 2. The summed E-state index contributed by atoms with van der Waals surface area (Å²) in [5.41, 5.74) is 0. The van der Waals surface area contributed by atoms with E-state index >= 15 is 0 Å². The molecule has 1 amide bonds. The first-order chi connectivity index (χ1) is 8.02. The van der Waals surface area contributed by atoms with Crippen LogP contribution in [-0.4, -0.2) is 49.7 Å². The van der Waals surface area contributed by atoms with Crippen LogP contribution in [0, 0.1) is 0 Å². The SMILES string of the molecule is O=C(OCC(F)=C(F)F)C(=O)N1CCOCC1. The lowest BCUT2D eigenvalue weighted by Gasteiger charge is -2.25. The van der Waals surface area contributed by atoms with E-state index in [2.05, 4.69) is 4.74 Å². The highest BCUT2D eigenvalue weighted by atomic mass is 19.3. The third-order valence-corrected chi connectivity index (χ3v) is 2.01. The lowest BCUT2D eigenvalue weighted by Crippen LogP contribution is -2.44. The van der Waals surface area contributed by atoms with E-state index in [1.54, 1.807) is 0 Å². The van der Waals surface area contributed by atoms with Crippen molar-refractivity contribution in [1.82, 2.24) is 4.90 Å². The summed E-state index contributed by atoms with van der Waals surface area (Å²) in [5.74, 6) is -4.21. The van der Waals surface area contributed by atoms with Gasteiger partial charge in [-0.05, 0) is 0 Å². The molecule has 1 rings (SSSR count). The molecule has 1 aliphatic rings. The normalized spacial score (nSPS) is 15.4. The molecule has 17 heavy (non-hydrogen) atoms. The van der Waals surface area contributed by atoms with Gasteiger partial charge in [0.2, 0.25) is 5.83 Å². The summed E-state index contributed by atoms with van der Waals surface area (Å²) in [7, 11) is 0. The van der Waals surface area contributed by atoms with E-state index in [9.17, 15) is 22.8 Å². The molecule has 0 aliphatic carbocycles. The first-order valence-corrected chi connectivity index (χ1v) is 4.75. The van der Waals surface area contributed by atoms with E-state index in [0.717, 1.165) is 4.90 Å². The molecule has 0 aromatic rings. The van der Waals surface area contributed by atoms with Crippen molar-refractivity contribution in [3.63, 3.8) is 0 Å². The average Bonchev–Trinajstić information content (AvgIpc) is 2.35. The summed E-state index contributed by atoms with van der Waals surface area (Å²) in [6.45, 7) is -0.247. The molecule has 0 saturated carbocycles. The summed E-state index contributed by atoms with van der Waals surface area (Å²) in [4.78, 5) is 23.6. The van der Waals surface area contributed by atoms with Crippen LogP contribution in [0.4, 0.5) is 13.2 Å². The number of hydrogen-bond donors (Lipinski definition) is 0. The van der Waals surface area contributed by atoms with Crippen LogP contribution in [0.15, 0.2) is 11.9 Å². The number of carbonyl (C=O) groups is 2. The summed E-state index contributed by atoms with van der Waals surface area (Å²) < 4.78 is 44.6. The smallest absolute Gasteiger partial charge is 0.397 e. The van der Waals surface area contributed by atoms with Crippen LogP contribution in [0.1, 0.15) is 0 Å². The van der Waals surface area contributed by atoms with Crippen LogP contribution in [-0.2, 0) is 19.1 Å². The number of esters is 1. The minimum atomic E-state index is -2.57. The number of hydrogen-bond acceptors (Lipinski definition) is 4. The number of morpholine rings is 1. The van der Waals surface area contributed by atoms with Crippen LogP contribution in [0.25, 0.3) is 0 Å². The fourth-order valence-corrected chi connectivity index (χ4v) is 1.14. The van der Waals surface area contributed by atoms with Gasteiger partial charge in [0.15, 0.2) is 0 Å². The maximum absolute atomic E-state index is 12.3. The predicted octanol–water partition coefficient (Wildman–Crippen LogP) is 0.466. The number of halogens is 3. The molecule has 0 N–H and O–H groups in total. The van der Waals surface area contributed by atoms with Gasteiger partial charge < -0.3 is 14.4 Å². The van der Waals surface area contributed by atoms with E-state index in [4.69, 9.17) is 4.74 Å². The van der Waals surface area contributed by atoms with Crippen molar-refractivity contribution in [1.29, 1.82) is 0 Å². The summed E-state index contributed by atoms with van der Waals surface area (Å²) in [6.07, 6.45) is -2.57. The molecule has 0 spiro atoms. The van der Waals surface area contributed by atoms with Gasteiger partial charge in [0.1, 0.15) is 6.61 Å². The molecule has 96 valence electrons. The molecular formula is C9H10F3NO4. The Kier molecular flexibility index (Phi) is 4.95. The van der Waals surface area contributed by atoms with Crippen LogP contribution in [0.5, 0.6) is 0 Å². The van der Waals surface area contributed by atoms with Gasteiger partial charge in [0, 0.05) is 13.1 Å². The lowest BCUT2D eigenvalue weighted by molar-refractivity contribution is -0.161. The van der Waals surface area contributed by atoms with Crippen molar-refractivity contribution in [2.45, 2.75) is 0 Å². The molecule has 0 unspecified atom stereocenters. The van der Waals surface area contributed by atoms with Gasteiger partial charge in [-0.25, -0.2) is 9.18 Å². The molecule has 0 aromatic carbocycles. The second-order valence-electron chi connectivity index (χ2n) is 3.15. The van der Waals surface area contributed by atoms with Gasteiger partial charge >= 0.3 is 18.0 Å². The maximum atomic E-state index is 12.3. The molecule has 8 heteroatoms. The maximum Gasteiger partial charge on any atom is 0.397 e. The van der Waals surface area contributed by atoms with Crippen LogP contribution in [0.2, 0.25) is 0 Å². The fourth-order valence-electron chi connectivity index (χ4n) is 1.14. The highest BCUT2D eigenvalue weighted by Gasteiger charge is 2.25. The summed E-state index contributed by atoms with van der Waals surface area (Å²) in [6, 6.07) is 0. The Morgan fingerprint density at radius 3 is 2.29 bits per heavy atom. The van der Waals surface area contributed by atoms with Crippen molar-refractivity contribution in [2.75, 3.05) is 32.9 Å². The monoisotopic (exact) mass is 253 g/mol. The molecule has 1 heterocycles. The van der Waals surface area contributed by atoms with E-state index < -0.39 is 30.4 Å². The van der Waals surface area contributed by atoms with Gasteiger partial charge in [-0.1, -0.05) is 0 Å². The molecule has 0 aromatic heterocycles. The molecule has 0 bridgehead atoms. The van der Waals surface area contributed by atoms with Crippen LogP contribution >= 0.6 is 0 Å². The lowest BCUT2D eigenvalue weighted by atomic mass is 10.4. The molecule has 1 aliphatic heterocycles. The molecule has 0 radical (unpaired) electrons. The number of nitrogens with zero attached hydrogens (tertiary/aromatic N) is 1. The van der Waals surface area contributed by atoms with Gasteiger partial charge in [0.05, 0.1) is 13.2 Å². The summed E-state index contributed by atoms with van der Waals surface area (Å²) in [5, 5.41) is 0. The Hall–Kier alpha value is -1.57. The zero-order valence-corrected chi connectivity index (χ0v) is 8.75. The molecule has 0 atom stereocenters. The standard InChI is InChI=1S/C9H10F3NO4/c10-6(7(11)12)5-17-9(15)8(14)13-1-3-16-4-2-13/h1-5H2. The van der Waals surface area contributed by atoms with Crippen molar-refractivity contribution in [3.05, 3.63) is 11.9 Å².